The van der Waals surface area contributed by atoms with Crippen LogP contribution in [0.5, 0.6) is 5.75 Å². The summed E-state index contributed by atoms with van der Waals surface area (Å²) in [6.45, 7) is 2.57. The van der Waals surface area contributed by atoms with Crippen molar-refractivity contribution in [1.29, 1.82) is 0 Å². The van der Waals surface area contributed by atoms with E-state index in [9.17, 15) is 4.79 Å². The summed E-state index contributed by atoms with van der Waals surface area (Å²) in [6, 6.07) is 23.4. The maximum absolute atomic E-state index is 13.6. The summed E-state index contributed by atoms with van der Waals surface area (Å²) in [7, 11) is 3.93. The number of hydrogen-bond donors (Lipinski definition) is 1. The minimum Gasteiger partial charge on any atom is -0.478 e. The van der Waals surface area contributed by atoms with Crippen LogP contribution in [0.25, 0.3) is 10.9 Å². The summed E-state index contributed by atoms with van der Waals surface area (Å²) < 4.78 is 8.08. The first-order chi connectivity index (χ1) is 18.5. The highest BCUT2D eigenvalue weighted by Crippen LogP contribution is 2.26. The zero-order chi connectivity index (χ0) is 26.5. The summed E-state index contributed by atoms with van der Waals surface area (Å²) in [5.74, 6) is 1.92. The smallest absolute Gasteiger partial charge is 0.261 e. The van der Waals surface area contributed by atoms with E-state index in [2.05, 4.69) is 27.5 Å². The fourth-order valence-corrected chi connectivity index (χ4v) is 4.39. The lowest BCUT2D eigenvalue weighted by Gasteiger charge is -2.18. The zero-order valence-corrected chi connectivity index (χ0v) is 21.8. The van der Waals surface area contributed by atoms with E-state index in [0.29, 0.717) is 23.5 Å². The van der Waals surface area contributed by atoms with Crippen LogP contribution >= 0.6 is 0 Å². The van der Waals surface area contributed by atoms with E-state index in [0.717, 1.165) is 47.4 Å². The monoisotopic (exact) mass is 509 g/mol. The van der Waals surface area contributed by atoms with Gasteiger partial charge in [0.25, 0.3) is 5.56 Å². The molecule has 1 atom stereocenters. The summed E-state index contributed by atoms with van der Waals surface area (Å²) >= 11 is 0. The lowest BCUT2D eigenvalue weighted by molar-refractivity contribution is 0.237. The maximum Gasteiger partial charge on any atom is 0.261 e. The van der Waals surface area contributed by atoms with Crippen LogP contribution in [0.15, 0.2) is 77.6 Å². The minimum atomic E-state index is -0.500. The molecule has 0 spiro atoms. The lowest BCUT2D eigenvalue weighted by Crippen LogP contribution is -2.26. The second-order valence-corrected chi connectivity index (χ2v) is 9.44. The van der Waals surface area contributed by atoms with Gasteiger partial charge in [0.2, 0.25) is 5.82 Å². The number of rotatable bonds is 10. The Morgan fingerprint density at radius 3 is 2.50 bits per heavy atom. The summed E-state index contributed by atoms with van der Waals surface area (Å²) in [4.78, 5) is 20.5. The predicted molar refractivity (Wildman–Crippen MR) is 148 cm³/mol. The average Bonchev–Trinajstić information content (AvgIpc) is 3.48. The second-order valence-electron chi connectivity index (χ2n) is 9.44. The number of hydrogen-bond acceptors (Lipinski definition) is 7. The maximum atomic E-state index is 13.6. The fourth-order valence-electron chi connectivity index (χ4n) is 4.39. The largest absolute Gasteiger partial charge is 0.478 e. The van der Waals surface area contributed by atoms with Crippen molar-refractivity contribution < 1.29 is 4.74 Å². The number of fused-ring (bicyclic) bond motifs is 1. The van der Waals surface area contributed by atoms with E-state index in [1.165, 1.54) is 0 Å². The van der Waals surface area contributed by atoms with Gasteiger partial charge in [-0.15, -0.1) is 10.2 Å². The third-order valence-electron chi connectivity index (χ3n) is 6.50. The van der Waals surface area contributed by atoms with Crippen LogP contribution in [-0.2, 0) is 13.0 Å². The summed E-state index contributed by atoms with van der Waals surface area (Å²) in [5.41, 5.74) is 3.59. The van der Waals surface area contributed by atoms with Crippen molar-refractivity contribution in [1.82, 2.24) is 30.2 Å². The highest BCUT2D eigenvalue weighted by atomic mass is 16.5. The molecule has 0 saturated carbocycles. The van der Waals surface area contributed by atoms with Crippen molar-refractivity contribution in [3.63, 3.8) is 0 Å². The van der Waals surface area contributed by atoms with Crippen molar-refractivity contribution in [2.45, 2.75) is 38.8 Å². The first-order valence-electron chi connectivity index (χ1n) is 12.8. The lowest BCUT2D eigenvalue weighted by atomic mass is 10.1. The zero-order valence-electron chi connectivity index (χ0n) is 21.8. The summed E-state index contributed by atoms with van der Waals surface area (Å²) in [5, 5.41) is 15.1. The van der Waals surface area contributed by atoms with E-state index in [4.69, 9.17) is 9.72 Å². The molecule has 0 amide bonds. The Kier molecular flexibility index (Phi) is 7.44. The highest BCUT2D eigenvalue weighted by Gasteiger charge is 2.21. The molecule has 0 radical (unpaired) electrons. The van der Waals surface area contributed by atoms with Crippen LogP contribution in [0.3, 0.4) is 0 Å². The van der Waals surface area contributed by atoms with E-state index in [1.54, 1.807) is 4.57 Å². The molecule has 0 fully saturated rings. The SMILES string of the molecule is CCCCc1nc2ccc(N(C)C)cc2c(=O)n1Cc1ccc(OC(c2ccccc2)c2nn[nH]n2)cc1. The van der Waals surface area contributed by atoms with Crippen LogP contribution in [-0.4, -0.2) is 44.3 Å². The topological polar surface area (TPSA) is 102 Å². The van der Waals surface area contributed by atoms with Crippen LogP contribution in [0.4, 0.5) is 5.69 Å². The third kappa shape index (κ3) is 5.41. The van der Waals surface area contributed by atoms with Gasteiger partial charge in [0.1, 0.15) is 11.6 Å². The Labute approximate surface area is 221 Å². The van der Waals surface area contributed by atoms with Gasteiger partial charge < -0.3 is 9.64 Å². The number of aromatic amines is 1. The predicted octanol–water partition coefficient (Wildman–Crippen LogP) is 4.53. The molecule has 2 aromatic heterocycles. The molecular formula is C29H31N7O2. The molecule has 5 aromatic rings. The van der Waals surface area contributed by atoms with Gasteiger partial charge in [0.05, 0.1) is 17.4 Å². The van der Waals surface area contributed by atoms with Gasteiger partial charge in [-0.25, -0.2) is 4.98 Å². The molecule has 0 bridgehead atoms. The third-order valence-corrected chi connectivity index (χ3v) is 6.50. The molecule has 5 rings (SSSR count). The number of tetrazole rings is 1. The van der Waals surface area contributed by atoms with Gasteiger partial charge in [-0.2, -0.15) is 5.21 Å². The van der Waals surface area contributed by atoms with Gasteiger partial charge in [-0.1, -0.05) is 61.0 Å². The van der Waals surface area contributed by atoms with Crippen molar-refractivity contribution in [2.75, 3.05) is 19.0 Å². The number of nitrogens with one attached hydrogen (secondary N) is 1. The van der Waals surface area contributed by atoms with Crippen LogP contribution in [0, 0.1) is 0 Å². The number of aryl methyl sites for hydroxylation is 1. The molecule has 194 valence electrons. The van der Waals surface area contributed by atoms with Gasteiger partial charge in [-0.3, -0.25) is 9.36 Å². The number of anilines is 1. The van der Waals surface area contributed by atoms with E-state index < -0.39 is 6.10 Å². The van der Waals surface area contributed by atoms with Gasteiger partial charge in [0, 0.05) is 31.8 Å². The fraction of sp³-hybridized carbons (Fsp3) is 0.276. The number of ether oxygens (including phenoxy) is 1. The number of unbranched alkanes of at least 4 members (excludes halogenated alkanes) is 1. The van der Waals surface area contributed by atoms with Crippen molar-refractivity contribution in [3.05, 3.63) is 106 Å². The van der Waals surface area contributed by atoms with E-state index in [1.807, 2.05) is 91.8 Å². The van der Waals surface area contributed by atoms with Crippen molar-refractivity contribution >= 4 is 16.6 Å². The van der Waals surface area contributed by atoms with Gasteiger partial charge in [0.15, 0.2) is 6.10 Å². The first-order valence-corrected chi connectivity index (χ1v) is 12.8. The summed E-state index contributed by atoms with van der Waals surface area (Å²) in [6.07, 6.45) is 2.25. The van der Waals surface area contributed by atoms with Crippen molar-refractivity contribution in [2.24, 2.45) is 0 Å². The highest BCUT2D eigenvalue weighted by molar-refractivity contribution is 5.81. The Hall–Kier alpha value is -4.53. The number of benzene rings is 3. The van der Waals surface area contributed by atoms with Crippen LogP contribution in [0.2, 0.25) is 0 Å². The van der Waals surface area contributed by atoms with E-state index in [-0.39, 0.29) is 5.56 Å². The number of H-pyrrole nitrogens is 1. The standard InChI is InChI=1S/C29H31N7O2/c1-4-5-11-26-30-25-17-14-22(35(2)3)18-24(25)29(37)36(26)19-20-12-15-23(16-13-20)38-27(28-31-33-34-32-28)21-9-7-6-8-10-21/h6-10,12-18,27H,4-5,11,19H2,1-3H3,(H,31,32,33,34). The van der Waals surface area contributed by atoms with Gasteiger partial charge in [-0.05, 0) is 42.3 Å². The Balaban J connectivity index is 1.44. The molecule has 2 heterocycles. The number of aromatic nitrogens is 6. The first kappa shape index (κ1) is 25.1. The molecule has 0 aliphatic rings. The van der Waals surface area contributed by atoms with E-state index >= 15 is 0 Å². The average molecular weight is 510 g/mol. The molecule has 0 saturated heterocycles. The molecule has 3 aromatic carbocycles. The molecular weight excluding hydrogens is 478 g/mol. The molecule has 9 heteroatoms. The quantitative estimate of drug-likeness (QED) is 0.295. The van der Waals surface area contributed by atoms with Crippen molar-refractivity contribution in [3.8, 4) is 5.75 Å². The molecule has 0 aliphatic carbocycles. The molecule has 1 N–H and O–H groups in total. The normalized spacial score (nSPS) is 12.0. The Morgan fingerprint density at radius 1 is 1.03 bits per heavy atom. The molecule has 38 heavy (non-hydrogen) atoms. The minimum absolute atomic E-state index is 0.0219. The molecule has 0 aliphatic heterocycles. The van der Waals surface area contributed by atoms with Crippen LogP contribution < -0.4 is 15.2 Å². The number of nitrogens with zero attached hydrogens (tertiary/aromatic N) is 6. The van der Waals surface area contributed by atoms with Crippen LogP contribution in [0.1, 0.15) is 48.6 Å². The Morgan fingerprint density at radius 2 is 1.82 bits per heavy atom. The molecule has 9 nitrogen and oxygen atoms in total. The Bertz CT molecular complexity index is 1550. The molecule has 1 unspecified atom stereocenters. The van der Waals surface area contributed by atoms with Gasteiger partial charge >= 0.3 is 0 Å². The second kappa shape index (κ2) is 11.2.